The van der Waals surface area contributed by atoms with Crippen molar-refractivity contribution in [2.24, 2.45) is 0 Å². The zero-order valence-corrected chi connectivity index (χ0v) is 10.2. The average molecular weight is 195 g/mol. The topological polar surface area (TPSA) is 12.0 Å². The fourth-order valence-corrected chi connectivity index (χ4v) is 0.657. The van der Waals surface area contributed by atoms with Crippen LogP contribution in [0.3, 0.4) is 0 Å². The van der Waals surface area contributed by atoms with E-state index in [4.69, 9.17) is 0 Å². The molecule has 1 heteroatoms. The molecule has 0 aromatic heterocycles. The number of rotatable bonds is 4. The number of nitrogens with one attached hydrogen (secondary N) is 1. The van der Waals surface area contributed by atoms with Crippen LogP contribution in [-0.2, 0) is 0 Å². The van der Waals surface area contributed by atoms with Crippen molar-refractivity contribution in [2.45, 2.75) is 27.2 Å². The Morgan fingerprint density at radius 2 is 1.64 bits per heavy atom. The van der Waals surface area contributed by atoms with Gasteiger partial charge in [-0.2, -0.15) is 0 Å². The molecule has 0 aromatic carbocycles. The lowest BCUT2D eigenvalue weighted by Gasteiger charge is -2.02. The monoisotopic (exact) mass is 195 g/mol. The van der Waals surface area contributed by atoms with E-state index in [1.54, 1.807) is 0 Å². The lowest BCUT2D eigenvalue weighted by molar-refractivity contribution is 0.933. The Morgan fingerprint density at radius 3 is 1.93 bits per heavy atom. The average Bonchev–Trinajstić information content (AvgIpc) is 2.24. The third-order valence-corrected chi connectivity index (χ3v) is 1.20. The standard InChI is InChI=1S/C9H15N.C2H6.C2H4/c1-5-6-8(2)7-9(3)10-4;2*1-2/h5-6,10H,2-3,7H2,1,4H3;1-2H3;1-2H2/b6-5-;;. The minimum absolute atomic E-state index is 0.834. The molecular formula is C13H25N. The van der Waals surface area contributed by atoms with Crippen LogP contribution in [0.15, 0.2) is 49.7 Å². The van der Waals surface area contributed by atoms with Crippen molar-refractivity contribution in [3.63, 3.8) is 0 Å². The summed E-state index contributed by atoms with van der Waals surface area (Å²) in [6.07, 6.45) is 4.80. The second-order valence-electron chi connectivity index (χ2n) is 2.19. The van der Waals surface area contributed by atoms with Gasteiger partial charge in [0, 0.05) is 19.2 Å². The van der Waals surface area contributed by atoms with Gasteiger partial charge in [0.1, 0.15) is 0 Å². The summed E-state index contributed by atoms with van der Waals surface area (Å²) in [4.78, 5) is 0. The minimum Gasteiger partial charge on any atom is -0.392 e. The van der Waals surface area contributed by atoms with Crippen molar-refractivity contribution in [3.05, 3.63) is 49.7 Å². The van der Waals surface area contributed by atoms with Crippen molar-refractivity contribution in [2.75, 3.05) is 7.05 Å². The Kier molecular flexibility index (Phi) is 23.5. The lowest BCUT2D eigenvalue weighted by Crippen LogP contribution is -2.03. The van der Waals surface area contributed by atoms with Crippen LogP contribution in [0, 0.1) is 0 Å². The van der Waals surface area contributed by atoms with E-state index in [9.17, 15) is 0 Å². The number of hydrogen-bond acceptors (Lipinski definition) is 1. The fourth-order valence-electron chi connectivity index (χ4n) is 0.657. The van der Waals surface area contributed by atoms with Gasteiger partial charge in [-0.05, 0) is 12.5 Å². The first-order valence-corrected chi connectivity index (χ1v) is 4.86. The Morgan fingerprint density at radius 1 is 1.21 bits per heavy atom. The van der Waals surface area contributed by atoms with E-state index in [1.165, 1.54) is 0 Å². The first kappa shape index (κ1) is 18.5. The van der Waals surface area contributed by atoms with Crippen molar-refractivity contribution < 1.29 is 0 Å². The summed E-state index contributed by atoms with van der Waals surface area (Å²) < 4.78 is 0. The molecule has 82 valence electrons. The van der Waals surface area contributed by atoms with E-state index in [1.807, 2.05) is 40.0 Å². The van der Waals surface area contributed by atoms with Crippen molar-refractivity contribution in [1.29, 1.82) is 0 Å². The normalized spacial score (nSPS) is 7.71. The van der Waals surface area contributed by atoms with Crippen LogP contribution in [0.25, 0.3) is 0 Å². The third kappa shape index (κ3) is 17.0. The molecule has 0 aromatic rings. The molecule has 0 heterocycles. The van der Waals surface area contributed by atoms with Gasteiger partial charge < -0.3 is 5.32 Å². The molecule has 0 aliphatic carbocycles. The largest absolute Gasteiger partial charge is 0.392 e. The Balaban J connectivity index is -0.000000266. The number of hydrogen-bond donors (Lipinski definition) is 1. The molecule has 0 amide bonds. The quantitative estimate of drug-likeness (QED) is 0.526. The molecule has 0 radical (unpaired) electrons. The highest BCUT2D eigenvalue weighted by Crippen LogP contribution is 2.04. The van der Waals surface area contributed by atoms with E-state index in [0.717, 1.165) is 17.7 Å². The van der Waals surface area contributed by atoms with E-state index in [-0.39, 0.29) is 0 Å². The molecule has 0 bridgehead atoms. The van der Waals surface area contributed by atoms with Crippen LogP contribution in [0.4, 0.5) is 0 Å². The van der Waals surface area contributed by atoms with Gasteiger partial charge in [-0.15, -0.1) is 13.2 Å². The highest BCUT2D eigenvalue weighted by molar-refractivity contribution is 5.19. The van der Waals surface area contributed by atoms with Gasteiger partial charge in [0.05, 0.1) is 0 Å². The van der Waals surface area contributed by atoms with Crippen LogP contribution in [0.5, 0.6) is 0 Å². The van der Waals surface area contributed by atoms with Crippen LogP contribution in [-0.4, -0.2) is 7.05 Å². The molecule has 0 spiro atoms. The zero-order valence-electron chi connectivity index (χ0n) is 10.2. The SMILES string of the molecule is C=C.C=C(/C=C\C)CC(=C)NC.CC. The van der Waals surface area contributed by atoms with Crippen LogP contribution >= 0.6 is 0 Å². The Bertz CT molecular complexity index is 166. The van der Waals surface area contributed by atoms with Crippen LogP contribution in [0.2, 0.25) is 0 Å². The second-order valence-corrected chi connectivity index (χ2v) is 2.19. The summed E-state index contributed by atoms with van der Waals surface area (Å²) in [6, 6.07) is 0. The molecule has 0 saturated carbocycles. The second kappa shape index (κ2) is 17.7. The molecule has 1 nitrogen and oxygen atoms in total. The molecule has 0 fully saturated rings. The molecule has 0 atom stereocenters. The zero-order chi connectivity index (χ0) is 12.0. The van der Waals surface area contributed by atoms with Gasteiger partial charge in [-0.3, -0.25) is 0 Å². The summed E-state index contributed by atoms with van der Waals surface area (Å²) in [5, 5.41) is 2.97. The van der Waals surface area contributed by atoms with Gasteiger partial charge in [0.25, 0.3) is 0 Å². The van der Waals surface area contributed by atoms with Gasteiger partial charge in [-0.25, -0.2) is 0 Å². The molecule has 0 saturated heterocycles. The van der Waals surface area contributed by atoms with Gasteiger partial charge in [0.2, 0.25) is 0 Å². The van der Waals surface area contributed by atoms with Crippen LogP contribution in [0.1, 0.15) is 27.2 Å². The summed E-state index contributed by atoms with van der Waals surface area (Å²) >= 11 is 0. The van der Waals surface area contributed by atoms with E-state index >= 15 is 0 Å². The highest BCUT2D eigenvalue weighted by Gasteiger charge is 1.90. The predicted molar refractivity (Wildman–Crippen MR) is 69.4 cm³/mol. The van der Waals surface area contributed by atoms with E-state index in [2.05, 4.69) is 31.6 Å². The lowest BCUT2D eigenvalue weighted by atomic mass is 10.2. The first-order chi connectivity index (χ1) is 6.70. The maximum absolute atomic E-state index is 3.84. The third-order valence-electron chi connectivity index (χ3n) is 1.20. The smallest absolute Gasteiger partial charge is 0.0111 e. The molecule has 0 rings (SSSR count). The predicted octanol–water partition coefficient (Wildman–Crippen LogP) is 4.07. The van der Waals surface area contributed by atoms with Crippen molar-refractivity contribution in [1.82, 2.24) is 5.32 Å². The van der Waals surface area contributed by atoms with Gasteiger partial charge >= 0.3 is 0 Å². The first-order valence-electron chi connectivity index (χ1n) is 4.86. The molecule has 1 N–H and O–H groups in total. The summed E-state index contributed by atoms with van der Waals surface area (Å²) in [7, 11) is 1.87. The Labute approximate surface area is 89.9 Å². The van der Waals surface area contributed by atoms with E-state index < -0.39 is 0 Å². The Hall–Kier alpha value is -1.24. The maximum Gasteiger partial charge on any atom is 0.0111 e. The molecule has 0 unspecified atom stereocenters. The summed E-state index contributed by atoms with van der Waals surface area (Å²) in [5.74, 6) is 0. The fraction of sp³-hybridized carbons (Fsp3) is 0.385. The van der Waals surface area contributed by atoms with Crippen molar-refractivity contribution >= 4 is 0 Å². The molecular weight excluding hydrogens is 170 g/mol. The van der Waals surface area contributed by atoms with Crippen molar-refractivity contribution in [3.8, 4) is 0 Å². The highest BCUT2D eigenvalue weighted by atomic mass is 14.8. The van der Waals surface area contributed by atoms with Crippen LogP contribution < -0.4 is 5.32 Å². The van der Waals surface area contributed by atoms with Gasteiger partial charge in [-0.1, -0.05) is 39.2 Å². The minimum atomic E-state index is 0.834. The number of allylic oxidation sites excluding steroid dienone is 3. The summed E-state index contributed by atoms with van der Waals surface area (Å²) in [5.41, 5.74) is 2.09. The summed E-state index contributed by atoms with van der Waals surface area (Å²) in [6.45, 7) is 19.6. The van der Waals surface area contributed by atoms with E-state index in [0.29, 0.717) is 0 Å². The van der Waals surface area contributed by atoms with Gasteiger partial charge in [0.15, 0.2) is 0 Å². The maximum atomic E-state index is 3.84. The molecule has 14 heavy (non-hydrogen) atoms. The molecule has 0 aliphatic rings. The molecule has 0 aliphatic heterocycles.